The minimum atomic E-state index is -0.765. The number of halogens is 1. The largest absolute Gasteiger partial charge is 0.507 e. The van der Waals surface area contributed by atoms with Gasteiger partial charge in [0.15, 0.2) is 0 Å². The zero-order valence-electron chi connectivity index (χ0n) is 16.9. The molecule has 2 aliphatic rings. The summed E-state index contributed by atoms with van der Waals surface area (Å²) in [7, 11) is 0. The number of aliphatic carboxylic acids is 1. The van der Waals surface area contributed by atoms with Crippen LogP contribution >= 0.6 is 15.9 Å². The number of nitrogens with zero attached hydrogens (tertiary/aromatic N) is 3. The molecule has 2 N–H and O–H groups in total. The average Bonchev–Trinajstić information content (AvgIpc) is 2.70. The molecule has 2 saturated heterocycles. The highest BCUT2D eigenvalue weighted by molar-refractivity contribution is 9.10. The molecule has 1 aromatic carbocycles. The first-order valence-electron chi connectivity index (χ1n) is 10.3. The monoisotopic (exact) mass is 467 g/mol. The van der Waals surface area contributed by atoms with Crippen molar-refractivity contribution in [3.05, 3.63) is 28.2 Å². The molecule has 2 fully saturated rings. The van der Waals surface area contributed by atoms with Crippen LogP contribution in [0.1, 0.15) is 25.3 Å². The van der Waals surface area contributed by atoms with Crippen LogP contribution in [0, 0.1) is 5.92 Å². The van der Waals surface area contributed by atoms with Gasteiger partial charge in [0.2, 0.25) is 5.91 Å². The quantitative estimate of drug-likeness (QED) is 0.665. The van der Waals surface area contributed by atoms with E-state index >= 15 is 0 Å². The molecule has 2 heterocycles. The lowest BCUT2D eigenvalue weighted by atomic mass is 9.97. The Hall–Kier alpha value is -1.64. The fourth-order valence-electron chi connectivity index (χ4n) is 4.36. The van der Waals surface area contributed by atoms with Gasteiger partial charge in [-0.2, -0.15) is 0 Å². The van der Waals surface area contributed by atoms with Crippen molar-refractivity contribution in [3.8, 4) is 5.75 Å². The summed E-state index contributed by atoms with van der Waals surface area (Å²) < 4.78 is 0.652. The Morgan fingerprint density at radius 1 is 1.14 bits per heavy atom. The third kappa shape index (κ3) is 5.93. The zero-order chi connectivity index (χ0) is 21.0. The van der Waals surface area contributed by atoms with E-state index in [0.717, 1.165) is 57.7 Å². The fourth-order valence-corrected chi connectivity index (χ4v) is 4.79. The predicted octanol–water partition coefficient (Wildman–Crippen LogP) is 2.03. The molecule has 0 bridgehead atoms. The molecular formula is C21H30BrN3O4. The van der Waals surface area contributed by atoms with Crippen molar-refractivity contribution in [3.63, 3.8) is 0 Å². The maximum Gasteiger partial charge on any atom is 0.317 e. The normalized spacial score (nSPS) is 20.6. The lowest BCUT2D eigenvalue weighted by Crippen LogP contribution is -2.54. The van der Waals surface area contributed by atoms with Crippen LogP contribution in [0.4, 0.5) is 0 Å². The molecule has 0 aromatic heterocycles. The molecule has 8 heteroatoms. The van der Waals surface area contributed by atoms with Crippen LogP contribution in [-0.4, -0.2) is 88.6 Å². The number of rotatable bonds is 6. The second kappa shape index (κ2) is 9.91. The summed E-state index contributed by atoms with van der Waals surface area (Å²) in [6, 6.07) is 5.86. The SMILES string of the molecule is C[C@H](Cc1ccc(O)c(Br)c1)C(=O)N1CCC(N2CCN(CC(=O)O)CC2)CC1. The Balaban J connectivity index is 1.44. The second-order valence-corrected chi connectivity index (χ2v) is 9.01. The summed E-state index contributed by atoms with van der Waals surface area (Å²) in [6.07, 6.45) is 2.60. The number of hydrogen-bond donors (Lipinski definition) is 2. The van der Waals surface area contributed by atoms with Gasteiger partial charge in [0, 0.05) is 51.2 Å². The van der Waals surface area contributed by atoms with E-state index in [0.29, 0.717) is 16.9 Å². The van der Waals surface area contributed by atoms with Crippen molar-refractivity contribution in [2.24, 2.45) is 5.92 Å². The summed E-state index contributed by atoms with van der Waals surface area (Å²) in [5, 5.41) is 18.5. The number of likely N-dealkylation sites (tertiary alicyclic amines) is 1. The molecule has 7 nitrogen and oxygen atoms in total. The standard InChI is InChI=1S/C21H30BrN3O4/c1-15(12-16-2-3-19(26)18(22)13-16)21(29)25-6-4-17(5-7-25)24-10-8-23(9-11-24)14-20(27)28/h2-3,13,15,17,26H,4-12,14H2,1H3,(H,27,28)/t15-/m1/s1. The van der Waals surface area contributed by atoms with E-state index in [9.17, 15) is 14.7 Å². The summed E-state index contributed by atoms with van der Waals surface area (Å²) in [4.78, 5) is 30.1. The van der Waals surface area contributed by atoms with Crippen LogP contribution in [0.25, 0.3) is 0 Å². The molecule has 2 aliphatic heterocycles. The molecular weight excluding hydrogens is 438 g/mol. The Morgan fingerprint density at radius 2 is 1.79 bits per heavy atom. The van der Waals surface area contributed by atoms with E-state index in [-0.39, 0.29) is 24.1 Å². The van der Waals surface area contributed by atoms with Crippen molar-refractivity contribution >= 4 is 27.8 Å². The highest BCUT2D eigenvalue weighted by atomic mass is 79.9. The van der Waals surface area contributed by atoms with Crippen molar-refractivity contribution < 1.29 is 19.8 Å². The van der Waals surface area contributed by atoms with Crippen molar-refractivity contribution in [2.75, 3.05) is 45.8 Å². The number of carboxylic acid groups (broad SMARTS) is 1. The molecule has 1 aromatic rings. The third-order valence-corrected chi connectivity index (χ3v) is 6.67. The minimum absolute atomic E-state index is 0.0949. The van der Waals surface area contributed by atoms with Crippen LogP contribution in [-0.2, 0) is 16.0 Å². The van der Waals surface area contributed by atoms with Crippen LogP contribution in [0.5, 0.6) is 5.75 Å². The smallest absolute Gasteiger partial charge is 0.317 e. The number of hydrogen-bond acceptors (Lipinski definition) is 5. The topological polar surface area (TPSA) is 84.3 Å². The number of phenolic OH excluding ortho intramolecular Hbond substituents is 1. The Kier molecular flexibility index (Phi) is 7.54. The van der Waals surface area contributed by atoms with Crippen LogP contribution in [0.15, 0.2) is 22.7 Å². The van der Waals surface area contributed by atoms with E-state index in [1.165, 1.54) is 0 Å². The Morgan fingerprint density at radius 3 is 2.38 bits per heavy atom. The van der Waals surface area contributed by atoms with Crippen molar-refractivity contribution in [1.29, 1.82) is 0 Å². The van der Waals surface area contributed by atoms with Gasteiger partial charge in [-0.25, -0.2) is 0 Å². The van der Waals surface area contributed by atoms with E-state index in [2.05, 4.69) is 20.8 Å². The minimum Gasteiger partial charge on any atom is -0.507 e. The van der Waals surface area contributed by atoms with E-state index in [4.69, 9.17) is 5.11 Å². The molecule has 0 radical (unpaired) electrons. The summed E-state index contributed by atoms with van der Waals surface area (Å²) >= 11 is 3.33. The highest BCUT2D eigenvalue weighted by Gasteiger charge is 2.30. The number of carboxylic acids is 1. The number of piperidine rings is 1. The zero-order valence-corrected chi connectivity index (χ0v) is 18.5. The molecule has 1 amide bonds. The number of carbonyl (C=O) groups excluding carboxylic acids is 1. The summed E-state index contributed by atoms with van der Waals surface area (Å²) in [6.45, 7) is 7.05. The van der Waals surface area contributed by atoms with E-state index in [1.807, 2.05) is 28.9 Å². The van der Waals surface area contributed by atoms with Gasteiger partial charge < -0.3 is 15.1 Å². The van der Waals surface area contributed by atoms with Crippen LogP contribution < -0.4 is 0 Å². The predicted molar refractivity (Wildman–Crippen MR) is 114 cm³/mol. The molecule has 1 atom stereocenters. The average molecular weight is 468 g/mol. The number of phenols is 1. The van der Waals surface area contributed by atoms with E-state index < -0.39 is 5.97 Å². The van der Waals surface area contributed by atoms with Crippen LogP contribution in [0.2, 0.25) is 0 Å². The van der Waals surface area contributed by atoms with Gasteiger partial charge >= 0.3 is 5.97 Å². The maximum absolute atomic E-state index is 12.9. The third-order valence-electron chi connectivity index (χ3n) is 6.03. The number of aromatic hydroxyl groups is 1. The first-order valence-corrected chi connectivity index (χ1v) is 11.1. The van der Waals surface area contributed by atoms with Crippen molar-refractivity contribution in [1.82, 2.24) is 14.7 Å². The van der Waals surface area contributed by atoms with Crippen molar-refractivity contribution in [2.45, 2.75) is 32.2 Å². The number of piperazine rings is 1. The molecule has 3 rings (SSSR count). The molecule has 0 spiro atoms. The lowest BCUT2D eigenvalue weighted by molar-refractivity contribution is -0.138. The van der Waals surface area contributed by atoms with Gasteiger partial charge in [-0.1, -0.05) is 13.0 Å². The van der Waals surface area contributed by atoms with Crippen LogP contribution in [0.3, 0.4) is 0 Å². The number of carbonyl (C=O) groups is 2. The molecule has 0 aliphatic carbocycles. The lowest BCUT2D eigenvalue weighted by Gasteiger charge is -2.42. The number of benzene rings is 1. The van der Waals surface area contributed by atoms with E-state index in [1.54, 1.807) is 6.07 Å². The first-order chi connectivity index (χ1) is 13.8. The Labute approximate surface area is 180 Å². The summed E-state index contributed by atoms with van der Waals surface area (Å²) in [5.41, 5.74) is 1.03. The van der Waals surface area contributed by atoms with Gasteiger partial charge in [0.05, 0.1) is 11.0 Å². The Bertz CT molecular complexity index is 729. The van der Waals surface area contributed by atoms with Gasteiger partial charge in [0.1, 0.15) is 5.75 Å². The number of amides is 1. The van der Waals surface area contributed by atoms with Gasteiger partial charge in [-0.3, -0.25) is 19.4 Å². The molecule has 0 unspecified atom stereocenters. The molecule has 160 valence electrons. The highest BCUT2D eigenvalue weighted by Crippen LogP contribution is 2.26. The molecule has 0 saturated carbocycles. The molecule has 29 heavy (non-hydrogen) atoms. The first kappa shape index (κ1) is 22.1. The second-order valence-electron chi connectivity index (χ2n) is 8.15. The maximum atomic E-state index is 12.9. The fraction of sp³-hybridized carbons (Fsp3) is 0.619. The van der Waals surface area contributed by atoms with Gasteiger partial charge in [-0.05, 0) is 52.9 Å². The van der Waals surface area contributed by atoms with Gasteiger partial charge in [-0.15, -0.1) is 0 Å². The summed E-state index contributed by atoms with van der Waals surface area (Å²) in [5.74, 6) is -0.459. The van der Waals surface area contributed by atoms with Gasteiger partial charge in [0.25, 0.3) is 0 Å².